The van der Waals surface area contributed by atoms with E-state index >= 15 is 0 Å². The molecule has 0 saturated heterocycles. The van der Waals surface area contributed by atoms with Gasteiger partial charge in [-0.2, -0.15) is 0 Å². The molecule has 54 valence electrons. The number of aliphatic hydroxyl groups excluding tert-OH is 1. The first-order valence-corrected chi connectivity index (χ1v) is 3.88. The van der Waals surface area contributed by atoms with Gasteiger partial charge in [0.2, 0.25) is 0 Å². The minimum Gasteiger partial charge on any atom is -0.393 e. The molecule has 0 heterocycles. The summed E-state index contributed by atoms with van der Waals surface area (Å²) in [6.45, 7) is 4.41. The van der Waals surface area contributed by atoms with Gasteiger partial charge in [0.1, 0.15) is 0 Å². The predicted molar refractivity (Wildman–Crippen MR) is 38.2 cm³/mol. The van der Waals surface area contributed by atoms with Crippen molar-refractivity contribution in [1.82, 2.24) is 0 Å². The Kier molecular flexibility index (Phi) is 2.12. The smallest absolute Gasteiger partial charge is 0.0566 e. The van der Waals surface area contributed by atoms with E-state index in [0.29, 0.717) is 5.92 Å². The normalized spacial score (nSPS) is 45.0. The highest BCUT2D eigenvalue weighted by atomic mass is 16.3. The molecular weight excluding hydrogens is 112 g/mol. The van der Waals surface area contributed by atoms with Crippen molar-refractivity contribution < 1.29 is 5.11 Å². The molecule has 1 aliphatic carbocycles. The molecule has 1 aliphatic rings. The Hall–Kier alpha value is -0.0400. The van der Waals surface area contributed by atoms with Crippen molar-refractivity contribution in [2.75, 3.05) is 0 Å². The van der Waals surface area contributed by atoms with Gasteiger partial charge in [0.05, 0.1) is 6.10 Å². The van der Waals surface area contributed by atoms with Crippen LogP contribution in [0.25, 0.3) is 0 Å². The first kappa shape index (κ1) is 7.07. The zero-order chi connectivity index (χ0) is 6.85. The standard InChI is InChI=1S/C8H16O/c1-6-3-4-8(9)7(2)5-6/h6-9H,3-5H2,1-2H3/t6?,7-,8-/m1/s1. The fraction of sp³-hybridized carbons (Fsp3) is 1.00. The zero-order valence-corrected chi connectivity index (χ0v) is 6.30. The van der Waals surface area contributed by atoms with Crippen LogP contribution in [0.2, 0.25) is 0 Å². The van der Waals surface area contributed by atoms with Crippen LogP contribution in [-0.2, 0) is 0 Å². The molecule has 1 heteroatoms. The highest BCUT2D eigenvalue weighted by molar-refractivity contribution is 4.74. The number of hydrogen-bond donors (Lipinski definition) is 1. The van der Waals surface area contributed by atoms with E-state index in [-0.39, 0.29) is 6.10 Å². The van der Waals surface area contributed by atoms with E-state index in [4.69, 9.17) is 0 Å². The second-order valence-electron chi connectivity index (χ2n) is 3.46. The molecule has 1 nitrogen and oxygen atoms in total. The molecular formula is C8H16O. The van der Waals surface area contributed by atoms with Gasteiger partial charge in [0.15, 0.2) is 0 Å². The highest BCUT2D eigenvalue weighted by Crippen LogP contribution is 2.28. The summed E-state index contributed by atoms with van der Waals surface area (Å²) in [5.74, 6) is 1.37. The fourth-order valence-corrected chi connectivity index (χ4v) is 1.65. The Labute approximate surface area is 57.1 Å². The molecule has 0 amide bonds. The van der Waals surface area contributed by atoms with Crippen LogP contribution >= 0.6 is 0 Å². The van der Waals surface area contributed by atoms with Crippen molar-refractivity contribution in [3.05, 3.63) is 0 Å². The lowest BCUT2D eigenvalue weighted by molar-refractivity contribution is 0.0611. The van der Waals surface area contributed by atoms with Gasteiger partial charge in [-0.3, -0.25) is 0 Å². The highest BCUT2D eigenvalue weighted by Gasteiger charge is 2.22. The number of rotatable bonds is 0. The Morgan fingerprint density at radius 1 is 1.22 bits per heavy atom. The van der Waals surface area contributed by atoms with Gasteiger partial charge in [0, 0.05) is 0 Å². The third kappa shape index (κ3) is 1.68. The molecule has 0 aromatic heterocycles. The molecule has 1 saturated carbocycles. The molecule has 1 unspecified atom stereocenters. The lowest BCUT2D eigenvalue weighted by Crippen LogP contribution is -2.25. The maximum atomic E-state index is 9.30. The Bertz CT molecular complexity index is 90.6. The summed E-state index contributed by atoms with van der Waals surface area (Å²) in [5.41, 5.74) is 0. The van der Waals surface area contributed by atoms with Crippen LogP contribution in [0.4, 0.5) is 0 Å². The average Bonchev–Trinajstić information content (AvgIpc) is 1.80. The predicted octanol–water partition coefficient (Wildman–Crippen LogP) is 1.80. The second kappa shape index (κ2) is 2.70. The van der Waals surface area contributed by atoms with Crippen LogP contribution in [0.15, 0.2) is 0 Å². The summed E-state index contributed by atoms with van der Waals surface area (Å²) in [7, 11) is 0. The van der Waals surface area contributed by atoms with Gasteiger partial charge in [-0.1, -0.05) is 13.8 Å². The van der Waals surface area contributed by atoms with Gasteiger partial charge < -0.3 is 5.11 Å². The lowest BCUT2D eigenvalue weighted by atomic mass is 9.81. The largest absolute Gasteiger partial charge is 0.393 e. The fourth-order valence-electron chi connectivity index (χ4n) is 1.65. The molecule has 1 rings (SSSR count). The van der Waals surface area contributed by atoms with Crippen LogP contribution in [0.3, 0.4) is 0 Å². The molecule has 0 spiro atoms. The van der Waals surface area contributed by atoms with E-state index in [2.05, 4.69) is 13.8 Å². The molecule has 1 N–H and O–H groups in total. The molecule has 9 heavy (non-hydrogen) atoms. The first-order valence-electron chi connectivity index (χ1n) is 3.88. The summed E-state index contributed by atoms with van der Waals surface area (Å²) in [6, 6.07) is 0. The van der Waals surface area contributed by atoms with Crippen LogP contribution < -0.4 is 0 Å². The summed E-state index contributed by atoms with van der Waals surface area (Å²) in [4.78, 5) is 0. The Balaban J connectivity index is 2.35. The topological polar surface area (TPSA) is 20.2 Å². The third-order valence-corrected chi connectivity index (χ3v) is 2.39. The van der Waals surface area contributed by atoms with Crippen LogP contribution in [0, 0.1) is 11.8 Å². The van der Waals surface area contributed by atoms with Gasteiger partial charge in [-0.05, 0) is 31.1 Å². The Morgan fingerprint density at radius 3 is 2.33 bits per heavy atom. The van der Waals surface area contributed by atoms with Crippen LogP contribution in [-0.4, -0.2) is 11.2 Å². The maximum Gasteiger partial charge on any atom is 0.0566 e. The maximum absolute atomic E-state index is 9.30. The van der Waals surface area contributed by atoms with Crippen molar-refractivity contribution in [2.45, 2.75) is 39.2 Å². The van der Waals surface area contributed by atoms with Crippen molar-refractivity contribution in [3.8, 4) is 0 Å². The molecule has 3 atom stereocenters. The molecule has 0 aliphatic heterocycles. The third-order valence-electron chi connectivity index (χ3n) is 2.39. The summed E-state index contributed by atoms with van der Waals surface area (Å²) >= 11 is 0. The number of aliphatic hydroxyl groups is 1. The van der Waals surface area contributed by atoms with Crippen LogP contribution in [0.5, 0.6) is 0 Å². The lowest BCUT2D eigenvalue weighted by Gasteiger charge is -2.28. The van der Waals surface area contributed by atoms with Crippen molar-refractivity contribution >= 4 is 0 Å². The van der Waals surface area contributed by atoms with E-state index in [1.54, 1.807) is 0 Å². The first-order chi connectivity index (χ1) is 4.20. The van der Waals surface area contributed by atoms with E-state index in [9.17, 15) is 5.11 Å². The molecule has 0 aromatic rings. The average molecular weight is 128 g/mol. The van der Waals surface area contributed by atoms with Crippen LogP contribution in [0.1, 0.15) is 33.1 Å². The summed E-state index contributed by atoms with van der Waals surface area (Å²) in [5, 5.41) is 9.30. The van der Waals surface area contributed by atoms with Crippen molar-refractivity contribution in [3.63, 3.8) is 0 Å². The minimum atomic E-state index is -0.0128. The molecule has 0 aromatic carbocycles. The number of hydrogen-bond acceptors (Lipinski definition) is 1. The van der Waals surface area contributed by atoms with Crippen molar-refractivity contribution in [2.24, 2.45) is 11.8 Å². The van der Waals surface area contributed by atoms with E-state index in [1.165, 1.54) is 12.8 Å². The van der Waals surface area contributed by atoms with Gasteiger partial charge in [-0.15, -0.1) is 0 Å². The monoisotopic (exact) mass is 128 g/mol. The van der Waals surface area contributed by atoms with E-state index in [1.807, 2.05) is 0 Å². The van der Waals surface area contributed by atoms with Gasteiger partial charge >= 0.3 is 0 Å². The SMILES string of the molecule is CC1CC[C@@H](O)[C@H](C)C1. The van der Waals surface area contributed by atoms with E-state index in [0.717, 1.165) is 12.3 Å². The Morgan fingerprint density at radius 2 is 1.89 bits per heavy atom. The van der Waals surface area contributed by atoms with E-state index < -0.39 is 0 Å². The minimum absolute atomic E-state index is 0.0128. The van der Waals surface area contributed by atoms with Gasteiger partial charge in [0.25, 0.3) is 0 Å². The second-order valence-corrected chi connectivity index (χ2v) is 3.46. The zero-order valence-electron chi connectivity index (χ0n) is 6.30. The molecule has 0 radical (unpaired) electrons. The summed E-state index contributed by atoms with van der Waals surface area (Å²) < 4.78 is 0. The summed E-state index contributed by atoms with van der Waals surface area (Å²) in [6.07, 6.45) is 3.43. The molecule has 0 bridgehead atoms. The molecule has 1 fully saturated rings. The quantitative estimate of drug-likeness (QED) is 0.527. The van der Waals surface area contributed by atoms with Gasteiger partial charge in [-0.25, -0.2) is 0 Å². The van der Waals surface area contributed by atoms with Crippen molar-refractivity contribution in [1.29, 1.82) is 0 Å².